The lowest BCUT2D eigenvalue weighted by molar-refractivity contribution is -0.153. The third-order valence-electron chi connectivity index (χ3n) is 4.54. The molecular weight excluding hydrogens is 358 g/mol. The molecule has 1 fully saturated rings. The van der Waals surface area contributed by atoms with Crippen LogP contribution in [-0.2, 0) is 15.1 Å². The molecule has 26 heavy (non-hydrogen) atoms. The number of halogens is 4. The van der Waals surface area contributed by atoms with Gasteiger partial charge in [0.25, 0.3) is 0 Å². The normalized spacial score (nSPS) is 26.3. The molecule has 1 aromatic carbocycles. The molecule has 2 heterocycles. The Morgan fingerprint density at radius 3 is 2.88 bits per heavy atom. The van der Waals surface area contributed by atoms with Crippen molar-refractivity contribution in [1.29, 1.82) is 0 Å². The van der Waals surface area contributed by atoms with E-state index in [1.165, 1.54) is 11.9 Å². The van der Waals surface area contributed by atoms with Crippen LogP contribution in [0, 0.1) is 11.7 Å². The minimum atomic E-state index is -4.53. The maximum atomic E-state index is 14.6. The molecule has 0 aromatic heterocycles. The summed E-state index contributed by atoms with van der Waals surface area (Å²) in [6, 6.07) is 3.19. The monoisotopic (exact) mass is 375 g/mol. The second kappa shape index (κ2) is 6.42. The van der Waals surface area contributed by atoms with Gasteiger partial charge in [-0.2, -0.15) is 13.2 Å². The van der Waals surface area contributed by atoms with Gasteiger partial charge in [0.15, 0.2) is 12.6 Å². The fourth-order valence-corrected chi connectivity index (χ4v) is 3.25. The van der Waals surface area contributed by atoms with Crippen LogP contribution in [0.4, 0.5) is 17.6 Å². The molecule has 6 nitrogen and oxygen atoms in total. The number of ether oxygens (including phenoxy) is 2. The third-order valence-corrected chi connectivity index (χ3v) is 4.54. The Labute approximate surface area is 146 Å². The molecule has 2 aliphatic heterocycles. The topological polar surface area (TPSA) is 77.2 Å². The van der Waals surface area contributed by atoms with Gasteiger partial charge >= 0.3 is 6.18 Å². The molecule has 0 aliphatic carbocycles. The number of aliphatic imine (C=N–C) groups is 1. The largest absolute Gasteiger partial charge is 0.484 e. The van der Waals surface area contributed by atoms with Crippen LogP contribution >= 0.6 is 0 Å². The first kappa shape index (κ1) is 18.4. The first-order valence-electron chi connectivity index (χ1n) is 7.84. The van der Waals surface area contributed by atoms with Gasteiger partial charge in [-0.3, -0.25) is 9.69 Å². The zero-order valence-corrected chi connectivity index (χ0v) is 13.8. The number of carbonyl (C=O) groups excluding carboxylic acids is 1. The quantitative estimate of drug-likeness (QED) is 0.818. The fourth-order valence-electron chi connectivity index (χ4n) is 3.25. The Kier molecular flexibility index (Phi) is 4.55. The summed E-state index contributed by atoms with van der Waals surface area (Å²) < 4.78 is 61.8. The molecule has 2 aliphatic rings. The lowest BCUT2D eigenvalue weighted by atomic mass is 9.74. The first-order valence-corrected chi connectivity index (χ1v) is 7.84. The van der Waals surface area contributed by atoms with Gasteiger partial charge in [0.1, 0.15) is 17.1 Å². The molecule has 0 spiro atoms. The number of nitrogens with two attached hydrogens (primary N) is 1. The zero-order valence-electron chi connectivity index (χ0n) is 13.8. The average Bonchev–Trinajstić information content (AvgIpc) is 2.58. The number of nitrogens with zero attached hydrogens (tertiary/aromatic N) is 2. The molecule has 1 amide bonds. The Bertz CT molecular complexity index is 753. The summed E-state index contributed by atoms with van der Waals surface area (Å²) in [6.45, 7) is -1.34. The van der Waals surface area contributed by atoms with Gasteiger partial charge in [-0.1, -0.05) is 0 Å². The van der Waals surface area contributed by atoms with E-state index in [9.17, 15) is 22.4 Å². The van der Waals surface area contributed by atoms with Crippen LogP contribution in [0.5, 0.6) is 5.75 Å². The highest BCUT2D eigenvalue weighted by Crippen LogP contribution is 2.44. The molecule has 1 aromatic rings. The van der Waals surface area contributed by atoms with Crippen molar-refractivity contribution in [3.05, 3.63) is 29.6 Å². The predicted molar refractivity (Wildman–Crippen MR) is 82.9 cm³/mol. The number of benzene rings is 1. The third kappa shape index (κ3) is 3.20. The molecule has 1 saturated heterocycles. The summed E-state index contributed by atoms with van der Waals surface area (Å²) in [5.74, 6) is -2.10. The number of rotatable bonds is 3. The van der Waals surface area contributed by atoms with Crippen molar-refractivity contribution in [3.8, 4) is 5.75 Å². The minimum Gasteiger partial charge on any atom is -0.484 e. The Morgan fingerprint density at radius 2 is 2.19 bits per heavy atom. The van der Waals surface area contributed by atoms with Crippen molar-refractivity contribution in [1.82, 2.24) is 4.90 Å². The molecule has 2 N–H and O–H groups in total. The van der Waals surface area contributed by atoms with Crippen LogP contribution in [0.3, 0.4) is 0 Å². The van der Waals surface area contributed by atoms with Crippen LogP contribution in [0.15, 0.2) is 23.2 Å². The number of alkyl halides is 3. The van der Waals surface area contributed by atoms with Gasteiger partial charge < -0.3 is 15.2 Å². The van der Waals surface area contributed by atoms with E-state index in [0.717, 1.165) is 18.2 Å². The standard InChI is InChI=1S/C16H17F4N3O3/c1-23-13(24)10-4-5-25-7-15(10,22-14(23)21)11-6-9(2-3-12(11)17)26-8-16(18,19)20/h2-3,6,10H,4-5,7-8H2,1H3,(H2,21,22). The van der Waals surface area contributed by atoms with Gasteiger partial charge in [0.2, 0.25) is 5.91 Å². The molecule has 0 radical (unpaired) electrons. The van der Waals surface area contributed by atoms with E-state index in [2.05, 4.69) is 4.99 Å². The van der Waals surface area contributed by atoms with E-state index in [1.54, 1.807) is 0 Å². The van der Waals surface area contributed by atoms with E-state index < -0.39 is 30.1 Å². The van der Waals surface area contributed by atoms with Crippen LogP contribution in [-0.4, -0.2) is 49.8 Å². The van der Waals surface area contributed by atoms with Crippen LogP contribution in [0.25, 0.3) is 0 Å². The van der Waals surface area contributed by atoms with Gasteiger partial charge in [-0.05, 0) is 24.6 Å². The van der Waals surface area contributed by atoms with E-state index in [4.69, 9.17) is 15.2 Å². The lowest BCUT2D eigenvalue weighted by Crippen LogP contribution is -2.58. The molecule has 2 unspecified atom stereocenters. The predicted octanol–water partition coefficient (Wildman–Crippen LogP) is 1.79. The number of amides is 1. The maximum absolute atomic E-state index is 14.6. The summed E-state index contributed by atoms with van der Waals surface area (Å²) in [7, 11) is 1.46. The van der Waals surface area contributed by atoms with Crippen LogP contribution in [0.2, 0.25) is 0 Å². The lowest BCUT2D eigenvalue weighted by Gasteiger charge is -2.45. The summed E-state index contributed by atoms with van der Waals surface area (Å²) in [6.07, 6.45) is -4.25. The van der Waals surface area contributed by atoms with Gasteiger partial charge in [-0.15, -0.1) is 0 Å². The molecule has 0 saturated carbocycles. The van der Waals surface area contributed by atoms with Crippen molar-refractivity contribution < 1.29 is 31.8 Å². The summed E-state index contributed by atoms with van der Waals surface area (Å²) in [4.78, 5) is 18.1. The van der Waals surface area contributed by atoms with E-state index in [1.807, 2.05) is 0 Å². The molecular formula is C16H17F4N3O3. The zero-order chi connectivity index (χ0) is 19.1. The smallest absolute Gasteiger partial charge is 0.422 e. The fraction of sp³-hybridized carbons (Fsp3) is 0.500. The van der Waals surface area contributed by atoms with Crippen LogP contribution < -0.4 is 10.5 Å². The first-order chi connectivity index (χ1) is 12.1. The highest BCUT2D eigenvalue weighted by molar-refractivity contribution is 6.00. The average molecular weight is 375 g/mol. The number of carbonyl (C=O) groups is 1. The molecule has 10 heteroatoms. The summed E-state index contributed by atoms with van der Waals surface area (Å²) in [5, 5.41) is 0. The highest BCUT2D eigenvalue weighted by atomic mass is 19.4. The van der Waals surface area contributed by atoms with Crippen molar-refractivity contribution in [3.63, 3.8) is 0 Å². The Balaban J connectivity index is 2.06. The maximum Gasteiger partial charge on any atom is 0.422 e. The minimum absolute atomic E-state index is 0.0775. The molecule has 142 valence electrons. The molecule has 0 bridgehead atoms. The molecule has 3 rings (SSSR count). The van der Waals surface area contributed by atoms with E-state index >= 15 is 0 Å². The Morgan fingerprint density at radius 1 is 1.46 bits per heavy atom. The number of guanidine groups is 1. The van der Waals surface area contributed by atoms with Crippen molar-refractivity contribution in [2.75, 3.05) is 26.9 Å². The van der Waals surface area contributed by atoms with Gasteiger partial charge in [-0.25, -0.2) is 9.38 Å². The van der Waals surface area contributed by atoms with Gasteiger partial charge in [0.05, 0.1) is 12.5 Å². The Hall–Kier alpha value is -2.36. The molecule has 2 atom stereocenters. The summed E-state index contributed by atoms with van der Waals surface area (Å²) >= 11 is 0. The summed E-state index contributed by atoms with van der Waals surface area (Å²) in [5.41, 5.74) is 4.28. The van der Waals surface area contributed by atoms with Crippen molar-refractivity contribution in [2.24, 2.45) is 16.6 Å². The van der Waals surface area contributed by atoms with Crippen molar-refractivity contribution >= 4 is 11.9 Å². The number of hydrogen-bond donors (Lipinski definition) is 1. The van der Waals surface area contributed by atoms with E-state index in [0.29, 0.717) is 0 Å². The second-order valence-corrected chi connectivity index (χ2v) is 6.23. The number of fused-ring (bicyclic) bond motifs is 1. The van der Waals surface area contributed by atoms with Crippen molar-refractivity contribution in [2.45, 2.75) is 18.1 Å². The van der Waals surface area contributed by atoms with E-state index in [-0.39, 0.29) is 42.8 Å². The van der Waals surface area contributed by atoms with Crippen LogP contribution in [0.1, 0.15) is 12.0 Å². The highest BCUT2D eigenvalue weighted by Gasteiger charge is 2.52. The second-order valence-electron chi connectivity index (χ2n) is 6.23. The SMILES string of the molecule is CN1C(=O)C2CCOCC2(c2cc(OCC(F)(F)F)ccc2F)N=C1N. The van der Waals surface area contributed by atoms with Gasteiger partial charge in [0, 0.05) is 19.2 Å². The number of hydrogen-bond acceptors (Lipinski definition) is 5.